The molecule has 0 spiro atoms. The van der Waals surface area contributed by atoms with E-state index < -0.39 is 6.10 Å². The Labute approximate surface area is 109 Å². The Kier molecular flexibility index (Phi) is 5.95. The average Bonchev–Trinajstić information content (AvgIpc) is 2.35. The zero-order valence-corrected chi connectivity index (χ0v) is 11.5. The summed E-state index contributed by atoms with van der Waals surface area (Å²) in [5.41, 5.74) is 0. The number of ether oxygens (including phenoxy) is 2. The highest BCUT2D eigenvalue weighted by molar-refractivity contribution is 5.31. The van der Waals surface area contributed by atoms with Crippen LogP contribution in [0.5, 0.6) is 11.5 Å². The van der Waals surface area contributed by atoms with E-state index in [0.29, 0.717) is 6.04 Å². The highest BCUT2D eigenvalue weighted by Crippen LogP contribution is 2.17. The van der Waals surface area contributed by atoms with Gasteiger partial charge in [0.15, 0.2) is 0 Å². The van der Waals surface area contributed by atoms with Gasteiger partial charge in [0, 0.05) is 12.1 Å². The summed E-state index contributed by atoms with van der Waals surface area (Å²) in [7, 11) is 1.62. The topological polar surface area (TPSA) is 50.7 Å². The molecule has 0 unspecified atom stereocenters. The molecule has 0 radical (unpaired) electrons. The molecule has 0 fully saturated rings. The molecule has 0 heterocycles. The highest BCUT2D eigenvalue weighted by Gasteiger charge is 2.15. The summed E-state index contributed by atoms with van der Waals surface area (Å²) in [4.78, 5) is 0. The Morgan fingerprint density at radius 1 is 1.11 bits per heavy atom. The van der Waals surface area contributed by atoms with E-state index in [2.05, 4.69) is 5.32 Å². The predicted octanol–water partition coefficient (Wildman–Crippen LogP) is 1.82. The van der Waals surface area contributed by atoms with Gasteiger partial charge in [0.05, 0.1) is 7.11 Å². The van der Waals surface area contributed by atoms with Gasteiger partial charge in [-0.3, -0.25) is 0 Å². The van der Waals surface area contributed by atoms with Crippen molar-refractivity contribution in [3.8, 4) is 11.5 Å². The third kappa shape index (κ3) is 4.94. The molecule has 0 aliphatic rings. The number of benzene rings is 1. The van der Waals surface area contributed by atoms with Crippen molar-refractivity contribution in [3.05, 3.63) is 24.3 Å². The fourth-order valence-corrected chi connectivity index (χ4v) is 1.63. The normalized spacial score (nSPS) is 14.3. The minimum Gasteiger partial charge on any atom is -0.497 e. The van der Waals surface area contributed by atoms with E-state index in [-0.39, 0.29) is 12.6 Å². The lowest BCUT2D eigenvalue weighted by molar-refractivity contribution is 0.0759. The molecule has 1 aromatic rings. The van der Waals surface area contributed by atoms with E-state index >= 15 is 0 Å². The summed E-state index contributed by atoms with van der Waals surface area (Å²) >= 11 is 0. The number of aliphatic hydroxyl groups is 1. The quantitative estimate of drug-likeness (QED) is 0.778. The van der Waals surface area contributed by atoms with E-state index in [1.54, 1.807) is 7.11 Å². The third-order valence-corrected chi connectivity index (χ3v) is 2.65. The molecule has 1 aromatic carbocycles. The van der Waals surface area contributed by atoms with Crippen LogP contribution in [0.1, 0.15) is 20.8 Å². The summed E-state index contributed by atoms with van der Waals surface area (Å²) in [6.07, 6.45) is -0.533. The van der Waals surface area contributed by atoms with Crippen molar-refractivity contribution in [2.75, 3.05) is 13.7 Å². The van der Waals surface area contributed by atoms with Crippen molar-refractivity contribution in [1.29, 1.82) is 0 Å². The van der Waals surface area contributed by atoms with E-state index in [1.807, 2.05) is 45.0 Å². The lowest BCUT2D eigenvalue weighted by atomic mass is 10.2. The minimum atomic E-state index is -0.533. The number of hydrogen-bond donors (Lipinski definition) is 2. The Morgan fingerprint density at radius 3 is 2.17 bits per heavy atom. The fraction of sp³-hybridized carbons (Fsp3) is 0.571. The lowest BCUT2D eigenvalue weighted by Crippen LogP contribution is -2.43. The van der Waals surface area contributed by atoms with Crippen molar-refractivity contribution in [1.82, 2.24) is 5.32 Å². The molecular weight excluding hydrogens is 230 g/mol. The molecular formula is C14H23NO3. The van der Waals surface area contributed by atoms with Crippen LogP contribution in [0.4, 0.5) is 0 Å². The van der Waals surface area contributed by atoms with Gasteiger partial charge >= 0.3 is 0 Å². The van der Waals surface area contributed by atoms with E-state index in [4.69, 9.17) is 9.47 Å². The first-order valence-corrected chi connectivity index (χ1v) is 6.24. The van der Waals surface area contributed by atoms with Gasteiger partial charge in [-0.1, -0.05) is 13.8 Å². The number of rotatable bonds is 7. The van der Waals surface area contributed by atoms with Gasteiger partial charge in [-0.25, -0.2) is 0 Å². The van der Waals surface area contributed by atoms with Crippen molar-refractivity contribution in [2.45, 2.75) is 39.0 Å². The van der Waals surface area contributed by atoms with Crippen LogP contribution >= 0.6 is 0 Å². The highest BCUT2D eigenvalue weighted by atomic mass is 16.5. The molecule has 18 heavy (non-hydrogen) atoms. The average molecular weight is 253 g/mol. The van der Waals surface area contributed by atoms with Crippen LogP contribution in [-0.4, -0.2) is 37.0 Å². The largest absolute Gasteiger partial charge is 0.497 e. The zero-order chi connectivity index (χ0) is 13.5. The second-order valence-corrected chi connectivity index (χ2v) is 4.66. The third-order valence-electron chi connectivity index (χ3n) is 2.65. The summed E-state index contributed by atoms with van der Waals surface area (Å²) in [5.74, 6) is 1.52. The molecule has 0 amide bonds. The van der Waals surface area contributed by atoms with Gasteiger partial charge in [0.1, 0.15) is 24.2 Å². The number of methoxy groups -OCH3 is 1. The van der Waals surface area contributed by atoms with Gasteiger partial charge in [-0.05, 0) is 31.2 Å². The van der Waals surface area contributed by atoms with Gasteiger partial charge in [-0.2, -0.15) is 0 Å². The second-order valence-electron chi connectivity index (χ2n) is 4.66. The molecule has 4 heteroatoms. The van der Waals surface area contributed by atoms with Gasteiger partial charge in [-0.15, -0.1) is 0 Å². The van der Waals surface area contributed by atoms with Crippen molar-refractivity contribution < 1.29 is 14.6 Å². The van der Waals surface area contributed by atoms with Crippen LogP contribution < -0.4 is 14.8 Å². The van der Waals surface area contributed by atoms with E-state index in [9.17, 15) is 5.11 Å². The molecule has 2 N–H and O–H groups in total. The fourth-order valence-electron chi connectivity index (χ4n) is 1.63. The first kappa shape index (κ1) is 14.8. The second kappa shape index (κ2) is 7.24. The maximum atomic E-state index is 9.92. The maximum Gasteiger partial charge on any atom is 0.119 e. The Bertz CT molecular complexity index is 337. The smallest absolute Gasteiger partial charge is 0.119 e. The predicted molar refractivity (Wildman–Crippen MR) is 72.2 cm³/mol. The first-order valence-electron chi connectivity index (χ1n) is 6.24. The summed E-state index contributed by atoms with van der Waals surface area (Å²) in [6.45, 7) is 6.32. The van der Waals surface area contributed by atoms with Crippen LogP contribution in [0.3, 0.4) is 0 Å². The Morgan fingerprint density at radius 2 is 1.67 bits per heavy atom. The van der Waals surface area contributed by atoms with Crippen LogP contribution in [0.25, 0.3) is 0 Å². The van der Waals surface area contributed by atoms with Crippen LogP contribution in [0.2, 0.25) is 0 Å². The molecule has 0 bridgehead atoms. The van der Waals surface area contributed by atoms with Crippen molar-refractivity contribution in [2.24, 2.45) is 0 Å². The van der Waals surface area contributed by atoms with E-state index in [1.165, 1.54) is 0 Å². The summed E-state index contributed by atoms with van der Waals surface area (Å²) in [5, 5.41) is 13.2. The van der Waals surface area contributed by atoms with Gasteiger partial charge in [0.2, 0.25) is 0 Å². The summed E-state index contributed by atoms with van der Waals surface area (Å²) < 4.78 is 10.6. The van der Waals surface area contributed by atoms with E-state index in [0.717, 1.165) is 11.5 Å². The Hall–Kier alpha value is -1.26. The molecule has 0 aliphatic heterocycles. The molecule has 4 nitrogen and oxygen atoms in total. The van der Waals surface area contributed by atoms with Crippen molar-refractivity contribution in [3.63, 3.8) is 0 Å². The summed E-state index contributed by atoms with van der Waals surface area (Å²) in [6, 6.07) is 7.66. The Balaban J connectivity index is 2.39. The SMILES string of the molecule is COc1ccc(OC[C@@H](O)[C@H](C)NC(C)C)cc1. The van der Waals surface area contributed by atoms with Crippen LogP contribution in [0.15, 0.2) is 24.3 Å². The van der Waals surface area contributed by atoms with Gasteiger partial charge in [0.25, 0.3) is 0 Å². The molecule has 0 aliphatic carbocycles. The van der Waals surface area contributed by atoms with Gasteiger partial charge < -0.3 is 19.9 Å². The standard InChI is InChI=1S/C14H23NO3/c1-10(2)15-11(3)14(16)9-18-13-7-5-12(17-4)6-8-13/h5-8,10-11,14-16H,9H2,1-4H3/t11-,14+/m0/s1. The maximum absolute atomic E-state index is 9.92. The van der Waals surface area contributed by atoms with Crippen LogP contribution in [-0.2, 0) is 0 Å². The molecule has 0 saturated heterocycles. The number of nitrogens with one attached hydrogen (secondary N) is 1. The minimum absolute atomic E-state index is 0.00301. The molecule has 2 atom stereocenters. The monoisotopic (exact) mass is 253 g/mol. The molecule has 102 valence electrons. The molecule has 1 rings (SSSR count). The number of aliphatic hydroxyl groups excluding tert-OH is 1. The number of hydrogen-bond acceptors (Lipinski definition) is 4. The zero-order valence-electron chi connectivity index (χ0n) is 11.5. The molecule has 0 saturated carbocycles. The first-order chi connectivity index (χ1) is 8.52. The van der Waals surface area contributed by atoms with Crippen molar-refractivity contribution >= 4 is 0 Å². The lowest BCUT2D eigenvalue weighted by Gasteiger charge is -2.22. The molecule has 0 aromatic heterocycles. The van der Waals surface area contributed by atoms with Crippen LogP contribution in [0, 0.1) is 0 Å².